The molecule has 4 aromatic rings. The summed E-state index contributed by atoms with van der Waals surface area (Å²) in [6, 6.07) is 10.6. The summed E-state index contributed by atoms with van der Waals surface area (Å²) in [6.45, 7) is 8.36. The summed E-state index contributed by atoms with van der Waals surface area (Å²) in [4.78, 5) is 152. The van der Waals surface area contributed by atoms with Crippen LogP contribution in [-0.2, 0) is 62.2 Å². The van der Waals surface area contributed by atoms with Gasteiger partial charge < -0.3 is 51.1 Å². The lowest BCUT2D eigenvalue weighted by molar-refractivity contribution is -0.144. The molecule has 0 bridgehead atoms. The first-order valence-corrected chi connectivity index (χ1v) is 32.1. The highest BCUT2D eigenvalue weighted by molar-refractivity contribution is 7.52. The molecule has 8 N–H and O–H groups in total. The molecule has 478 valence electrons. The second kappa shape index (κ2) is 25.9. The number of halogens is 4. The van der Waals surface area contributed by atoms with Crippen molar-refractivity contribution in [3.05, 3.63) is 99.4 Å². The van der Waals surface area contributed by atoms with Crippen LogP contribution in [0.25, 0.3) is 10.1 Å². The average Bonchev–Trinajstić information content (AvgIpc) is 1.78. The van der Waals surface area contributed by atoms with Crippen LogP contribution in [0.15, 0.2) is 66.7 Å². The Hall–Kier alpha value is -7.36. The number of hydrogen-bond donors (Lipinski definition) is 7. The van der Waals surface area contributed by atoms with E-state index in [2.05, 4.69) is 51.8 Å². The van der Waals surface area contributed by atoms with Crippen molar-refractivity contribution in [1.82, 2.24) is 45.8 Å². The summed E-state index contributed by atoms with van der Waals surface area (Å²) in [5, 5.41) is 10.6. The summed E-state index contributed by atoms with van der Waals surface area (Å²) in [5.74, 6) is -5.57. The summed E-state index contributed by atoms with van der Waals surface area (Å²) in [7, 11) is -5.94. The van der Waals surface area contributed by atoms with Gasteiger partial charge in [0, 0.05) is 112 Å². The van der Waals surface area contributed by atoms with E-state index in [1.807, 2.05) is 36.4 Å². The number of rotatable bonds is 19. The van der Waals surface area contributed by atoms with Crippen molar-refractivity contribution in [2.75, 3.05) is 63.8 Å². The molecule has 5 fully saturated rings. The molecule has 29 heteroatoms. The average molecular weight is 1280 g/mol. The fourth-order valence-electron chi connectivity index (χ4n) is 12.8. The van der Waals surface area contributed by atoms with Crippen molar-refractivity contribution < 1.29 is 75.1 Å². The zero-order valence-electron chi connectivity index (χ0n) is 49.3. The van der Waals surface area contributed by atoms with E-state index in [-0.39, 0.29) is 109 Å². The predicted molar refractivity (Wildman–Crippen MR) is 318 cm³/mol. The molecule has 0 saturated carbocycles. The molecule has 9 amide bonds. The number of carbonyl (C=O) groups excluding carboxylic acids is 9. The maximum Gasteiger partial charge on any atom is 0.399 e. The molecule has 6 aliphatic heterocycles. The minimum absolute atomic E-state index is 0.0293. The highest BCUT2D eigenvalue weighted by Gasteiger charge is 2.51. The van der Waals surface area contributed by atoms with Crippen LogP contribution in [0.5, 0.6) is 0 Å². The first kappa shape index (κ1) is 64.6. The number of piperidine rings is 1. The Kier molecular flexibility index (Phi) is 18.8. The molecular weight excluding hydrogens is 1210 g/mol. The molecule has 3 aromatic carbocycles. The number of alkyl halides is 4. The van der Waals surface area contributed by atoms with Gasteiger partial charge in [0.2, 0.25) is 41.4 Å². The Bertz CT molecular complexity index is 3500. The number of benzene rings is 3. The lowest BCUT2D eigenvalue weighted by Crippen LogP contribution is -2.65. The summed E-state index contributed by atoms with van der Waals surface area (Å²) < 4.78 is 69.1. The number of nitrogens with one attached hydrogen (secondary N) is 4. The van der Waals surface area contributed by atoms with Gasteiger partial charge in [-0.1, -0.05) is 51.1 Å². The molecule has 6 atom stereocenters. The summed E-state index contributed by atoms with van der Waals surface area (Å²) in [5.41, 5.74) is 3.87. The molecule has 7 heterocycles. The fourth-order valence-corrected chi connectivity index (χ4v) is 14.2. The molecule has 6 aliphatic rings. The van der Waals surface area contributed by atoms with Crippen LogP contribution in [0, 0.1) is 0 Å². The second-order valence-electron chi connectivity index (χ2n) is 24.8. The quantitative estimate of drug-likeness (QED) is 0.0403. The third-order valence-corrected chi connectivity index (χ3v) is 19.9. The van der Waals surface area contributed by atoms with Gasteiger partial charge in [-0.2, -0.15) is 8.78 Å². The Morgan fingerprint density at radius 3 is 2.19 bits per heavy atom. The molecule has 1 aromatic heterocycles. The number of nitrogens with zero attached hydrogens (tertiary/aromatic N) is 6. The van der Waals surface area contributed by atoms with E-state index < -0.39 is 110 Å². The lowest BCUT2D eigenvalue weighted by Gasteiger charge is -2.49. The SMILES string of the molecule is CC(C)(C)c1ccc(C[C@H](NC(=O)[C@H](CCC(N)=O)NC(=O)[C@@H]2CC[C@@H]3CCN(CC(F)F)C[C@H](NC(=O)c4cc5cc(C(F)(F)P(=O)(O)O)ccc5s4)C(=O)N32)C(=O)N2CCN(C3CN(c4ccc5c(c4)CN(C4CCC(=O)NC4=O)C5=O)C3)CC2)cc1. The minimum atomic E-state index is -5.94. The number of thiophene rings is 1. The molecule has 10 rings (SSSR count). The normalized spacial score (nSPS) is 22.3. The van der Waals surface area contributed by atoms with Crippen molar-refractivity contribution in [2.24, 2.45) is 5.73 Å². The highest BCUT2D eigenvalue weighted by atomic mass is 32.1. The monoisotopic (exact) mass is 1280 g/mol. The van der Waals surface area contributed by atoms with Crippen LogP contribution in [0.3, 0.4) is 0 Å². The number of amides is 9. The molecule has 0 spiro atoms. The highest BCUT2D eigenvalue weighted by Crippen LogP contribution is 2.59. The van der Waals surface area contributed by atoms with E-state index in [4.69, 9.17) is 5.73 Å². The van der Waals surface area contributed by atoms with Crippen LogP contribution < -0.4 is 31.9 Å². The van der Waals surface area contributed by atoms with Crippen LogP contribution in [0.2, 0.25) is 0 Å². The van der Waals surface area contributed by atoms with Gasteiger partial charge in [0.15, 0.2) is 0 Å². The van der Waals surface area contributed by atoms with Crippen molar-refractivity contribution in [1.29, 1.82) is 0 Å². The Balaban J connectivity index is 0.812. The van der Waals surface area contributed by atoms with Gasteiger partial charge in [-0.25, -0.2) is 8.78 Å². The molecular formula is C60H72F4N11O12PS. The third kappa shape index (κ3) is 14.2. The Morgan fingerprint density at radius 1 is 0.820 bits per heavy atom. The summed E-state index contributed by atoms with van der Waals surface area (Å²) >= 11 is 0.816. The predicted octanol–water partition coefficient (Wildman–Crippen LogP) is 3.13. The van der Waals surface area contributed by atoms with Crippen LogP contribution >= 0.6 is 18.9 Å². The lowest BCUT2D eigenvalue weighted by atomic mass is 9.86. The van der Waals surface area contributed by atoms with Gasteiger partial charge in [0.1, 0.15) is 30.2 Å². The molecule has 5 saturated heterocycles. The fraction of sp³-hybridized carbons (Fsp3) is 0.517. The van der Waals surface area contributed by atoms with Gasteiger partial charge in [-0.3, -0.25) is 62.8 Å². The number of anilines is 1. The standard InChI is InChI=1S/C60H72F4N11O12PS/c1-59(2,3)36-6-4-33(5-7-36)24-43(57(83)72-22-20-71(21-23-72)40-29-73(30-40)39-9-11-41-35(26-39)28-74(56(41)82)45-14-17-51(77)69-53(45)79)67-52(78)42(12-16-50(65)76)66-54(80)46-13-10-38-18-19-70(32-49(61)62)31-44(58(84)75(38)46)68-55(81)48-27-34-25-37(8-15-47(34)89-48)60(63,64)88(85,86)87/h4-9,11,15,25-27,38,40,42-46,49H,10,12-14,16-24,28-32H2,1-3H3,(H2,65,76)(H,66,80)(H,67,78)(H,68,81)(H,69,77,79)(H2,85,86,87)/t38-,42+,43+,44+,45?,46+/m1/s1. The zero-order valence-corrected chi connectivity index (χ0v) is 51.0. The number of primary amides is 1. The van der Waals surface area contributed by atoms with Crippen molar-refractivity contribution in [3.63, 3.8) is 0 Å². The maximum atomic E-state index is 14.8. The van der Waals surface area contributed by atoms with E-state index in [0.29, 0.717) is 44.8 Å². The van der Waals surface area contributed by atoms with Gasteiger partial charge >= 0.3 is 13.3 Å². The van der Waals surface area contributed by atoms with E-state index in [9.17, 15) is 75.1 Å². The molecule has 89 heavy (non-hydrogen) atoms. The van der Waals surface area contributed by atoms with Gasteiger partial charge in [0.05, 0.1) is 11.4 Å². The number of fused-ring (bicyclic) bond motifs is 3. The number of piperazine rings is 1. The first-order chi connectivity index (χ1) is 42.0. The topological polar surface area (TPSA) is 305 Å². The summed E-state index contributed by atoms with van der Waals surface area (Å²) in [6.07, 6.45) is -2.56. The van der Waals surface area contributed by atoms with Crippen molar-refractivity contribution >= 4 is 87.9 Å². The van der Waals surface area contributed by atoms with Crippen molar-refractivity contribution in [3.8, 4) is 0 Å². The van der Waals surface area contributed by atoms with E-state index in [1.54, 1.807) is 11.0 Å². The van der Waals surface area contributed by atoms with Gasteiger partial charge in [-0.15, -0.1) is 11.3 Å². The Morgan fingerprint density at radius 2 is 1.53 bits per heavy atom. The van der Waals surface area contributed by atoms with Crippen LogP contribution in [-0.4, -0.2) is 195 Å². The first-order valence-electron chi connectivity index (χ1n) is 29.7. The number of carbonyl (C=O) groups is 9. The van der Waals surface area contributed by atoms with E-state index in [0.717, 1.165) is 51.9 Å². The largest absolute Gasteiger partial charge is 0.399 e. The van der Waals surface area contributed by atoms with Crippen LogP contribution in [0.1, 0.15) is 108 Å². The third-order valence-electron chi connectivity index (χ3n) is 17.8. The zero-order chi connectivity index (χ0) is 64.0. The second-order valence-corrected chi connectivity index (χ2v) is 27.6. The smallest absolute Gasteiger partial charge is 0.370 e. The van der Waals surface area contributed by atoms with Crippen LogP contribution in [0.4, 0.5) is 23.2 Å². The van der Waals surface area contributed by atoms with E-state index >= 15 is 0 Å². The molecule has 23 nitrogen and oxygen atoms in total. The number of nitrogens with two attached hydrogens (primary N) is 1. The Labute approximate surface area is 514 Å². The van der Waals surface area contributed by atoms with Crippen molar-refractivity contribution in [2.45, 2.75) is 138 Å². The van der Waals surface area contributed by atoms with Gasteiger partial charge in [-0.05, 0) is 96.0 Å². The number of imide groups is 1. The van der Waals surface area contributed by atoms with Gasteiger partial charge in [0.25, 0.3) is 18.2 Å². The number of hydrogen-bond acceptors (Lipinski definition) is 14. The molecule has 1 unspecified atom stereocenters. The minimum Gasteiger partial charge on any atom is -0.370 e. The maximum absolute atomic E-state index is 14.8. The molecule has 0 aliphatic carbocycles. The van der Waals surface area contributed by atoms with E-state index in [1.165, 1.54) is 20.8 Å². The molecule has 0 radical (unpaired) electrons.